The second-order valence-corrected chi connectivity index (χ2v) is 5.88. The van der Waals surface area contributed by atoms with Crippen LogP contribution in [0.3, 0.4) is 0 Å². The van der Waals surface area contributed by atoms with Gasteiger partial charge in [0.15, 0.2) is 5.76 Å². The van der Waals surface area contributed by atoms with Crippen molar-refractivity contribution < 1.29 is 9.21 Å². The van der Waals surface area contributed by atoms with Crippen molar-refractivity contribution in [2.75, 3.05) is 0 Å². The van der Waals surface area contributed by atoms with Crippen molar-refractivity contribution in [1.82, 2.24) is 5.32 Å². The lowest BCUT2D eigenvalue weighted by Gasteiger charge is -2.04. The molecule has 0 saturated carbocycles. The van der Waals surface area contributed by atoms with E-state index in [-0.39, 0.29) is 5.91 Å². The molecule has 0 radical (unpaired) electrons. The second-order valence-electron chi connectivity index (χ2n) is 5.01. The third kappa shape index (κ3) is 2.96. The minimum atomic E-state index is -0.259. The molecule has 3 aromatic rings. The average molecular weight is 334 g/mol. The third-order valence-electron chi connectivity index (χ3n) is 3.45. The highest BCUT2D eigenvalue weighted by atomic mass is 35.5. The van der Waals surface area contributed by atoms with Crippen LogP contribution in [0.4, 0.5) is 0 Å². The van der Waals surface area contributed by atoms with Crippen LogP contribution in [0.5, 0.6) is 0 Å². The van der Waals surface area contributed by atoms with E-state index in [1.807, 2.05) is 25.1 Å². The largest absolute Gasteiger partial charge is 0.451 e. The summed E-state index contributed by atoms with van der Waals surface area (Å²) >= 11 is 11.9. The summed E-state index contributed by atoms with van der Waals surface area (Å²) in [6, 6.07) is 12.6. The van der Waals surface area contributed by atoms with Gasteiger partial charge < -0.3 is 9.73 Å². The van der Waals surface area contributed by atoms with Crippen LogP contribution in [-0.2, 0) is 6.54 Å². The molecule has 1 aromatic heterocycles. The van der Waals surface area contributed by atoms with E-state index < -0.39 is 0 Å². The normalized spacial score (nSPS) is 10.9. The van der Waals surface area contributed by atoms with Crippen LogP contribution < -0.4 is 5.32 Å². The molecule has 0 aliphatic rings. The van der Waals surface area contributed by atoms with Gasteiger partial charge in [-0.15, -0.1) is 0 Å². The minimum absolute atomic E-state index is 0.259. The third-order valence-corrected chi connectivity index (χ3v) is 3.92. The summed E-state index contributed by atoms with van der Waals surface area (Å²) < 4.78 is 5.63. The van der Waals surface area contributed by atoms with E-state index in [4.69, 9.17) is 27.6 Å². The van der Waals surface area contributed by atoms with Crippen molar-refractivity contribution in [2.45, 2.75) is 13.5 Å². The molecule has 1 amide bonds. The Hall–Kier alpha value is -1.97. The lowest BCUT2D eigenvalue weighted by atomic mass is 10.1. The number of aryl methyl sites for hydroxylation is 1. The topological polar surface area (TPSA) is 42.2 Å². The average Bonchev–Trinajstić information content (AvgIpc) is 2.82. The minimum Gasteiger partial charge on any atom is -0.451 e. The van der Waals surface area contributed by atoms with Gasteiger partial charge in [0.25, 0.3) is 5.91 Å². The summed E-state index contributed by atoms with van der Waals surface area (Å²) in [6.45, 7) is 2.23. The Morgan fingerprint density at radius 1 is 1.14 bits per heavy atom. The Kier molecular flexibility index (Phi) is 4.10. The van der Waals surface area contributed by atoms with Crippen molar-refractivity contribution in [2.24, 2.45) is 0 Å². The fourth-order valence-corrected chi connectivity index (χ4v) is 2.70. The number of hydrogen-bond acceptors (Lipinski definition) is 2. The zero-order chi connectivity index (χ0) is 15.7. The first-order valence-corrected chi connectivity index (χ1v) is 7.51. The standard InChI is InChI=1S/C17H13Cl2NO2/c1-10-14-8-13(19)5-6-15(14)22-16(10)17(21)20-9-11-3-2-4-12(18)7-11/h2-8H,9H2,1H3,(H,20,21). The molecule has 3 nitrogen and oxygen atoms in total. The van der Waals surface area contributed by atoms with Crippen LogP contribution >= 0.6 is 23.2 Å². The van der Waals surface area contributed by atoms with Crippen LogP contribution in [0, 0.1) is 6.92 Å². The predicted octanol–water partition coefficient (Wildman–Crippen LogP) is 4.98. The number of rotatable bonds is 3. The molecule has 0 aliphatic carbocycles. The molecule has 22 heavy (non-hydrogen) atoms. The maximum Gasteiger partial charge on any atom is 0.287 e. The van der Waals surface area contributed by atoms with Crippen LogP contribution in [0.25, 0.3) is 11.0 Å². The van der Waals surface area contributed by atoms with E-state index in [0.29, 0.717) is 27.9 Å². The molecular weight excluding hydrogens is 321 g/mol. The first kappa shape index (κ1) is 14.9. The van der Waals surface area contributed by atoms with Crippen molar-refractivity contribution in [3.8, 4) is 0 Å². The Morgan fingerprint density at radius 3 is 2.68 bits per heavy atom. The molecule has 0 bridgehead atoms. The van der Waals surface area contributed by atoms with Crippen LogP contribution in [-0.4, -0.2) is 5.91 Å². The van der Waals surface area contributed by atoms with Gasteiger partial charge in [0.05, 0.1) is 0 Å². The first-order chi connectivity index (χ1) is 10.5. The zero-order valence-corrected chi connectivity index (χ0v) is 13.3. The van der Waals surface area contributed by atoms with Gasteiger partial charge >= 0.3 is 0 Å². The number of carbonyl (C=O) groups excluding carboxylic acids is 1. The predicted molar refractivity (Wildman–Crippen MR) is 88.6 cm³/mol. The Labute approximate surface area is 137 Å². The lowest BCUT2D eigenvalue weighted by molar-refractivity contribution is 0.0924. The van der Waals surface area contributed by atoms with Gasteiger partial charge in [-0.05, 0) is 42.8 Å². The van der Waals surface area contributed by atoms with Crippen molar-refractivity contribution >= 4 is 40.1 Å². The Morgan fingerprint density at radius 2 is 1.91 bits per heavy atom. The molecular formula is C17H13Cl2NO2. The fraction of sp³-hybridized carbons (Fsp3) is 0.118. The number of halogens is 2. The van der Waals surface area contributed by atoms with E-state index in [1.54, 1.807) is 24.3 Å². The van der Waals surface area contributed by atoms with Crippen molar-refractivity contribution in [3.63, 3.8) is 0 Å². The van der Waals surface area contributed by atoms with Crippen LogP contribution in [0.2, 0.25) is 10.0 Å². The van der Waals surface area contributed by atoms with Crippen molar-refractivity contribution in [1.29, 1.82) is 0 Å². The summed E-state index contributed by atoms with van der Waals surface area (Å²) in [6.07, 6.45) is 0. The molecule has 112 valence electrons. The molecule has 0 fully saturated rings. The molecule has 3 rings (SSSR count). The molecule has 0 atom stereocenters. The van der Waals surface area contributed by atoms with E-state index in [2.05, 4.69) is 5.32 Å². The number of hydrogen-bond donors (Lipinski definition) is 1. The first-order valence-electron chi connectivity index (χ1n) is 6.76. The number of carbonyl (C=O) groups is 1. The lowest BCUT2D eigenvalue weighted by Crippen LogP contribution is -2.22. The quantitative estimate of drug-likeness (QED) is 0.734. The monoisotopic (exact) mass is 333 g/mol. The summed E-state index contributed by atoms with van der Waals surface area (Å²) in [5, 5.41) is 4.94. The highest BCUT2D eigenvalue weighted by molar-refractivity contribution is 6.31. The van der Waals surface area contributed by atoms with Crippen LogP contribution in [0.1, 0.15) is 21.7 Å². The zero-order valence-electron chi connectivity index (χ0n) is 11.8. The van der Waals surface area contributed by atoms with Gasteiger partial charge in [0.2, 0.25) is 0 Å². The molecule has 0 spiro atoms. The molecule has 0 saturated heterocycles. The number of furan rings is 1. The Balaban J connectivity index is 1.82. The van der Waals surface area contributed by atoms with Gasteiger partial charge in [0.1, 0.15) is 5.58 Å². The molecule has 0 aliphatic heterocycles. The van der Waals surface area contributed by atoms with E-state index in [1.165, 1.54) is 0 Å². The smallest absolute Gasteiger partial charge is 0.287 e. The maximum absolute atomic E-state index is 12.3. The summed E-state index contributed by atoms with van der Waals surface area (Å²) in [5.74, 6) is 0.0455. The molecule has 2 aromatic carbocycles. The molecule has 1 heterocycles. The van der Waals surface area contributed by atoms with E-state index >= 15 is 0 Å². The van der Waals surface area contributed by atoms with Gasteiger partial charge in [0, 0.05) is 27.5 Å². The molecule has 5 heteroatoms. The number of benzene rings is 2. The number of nitrogens with one attached hydrogen (secondary N) is 1. The molecule has 1 N–H and O–H groups in total. The SMILES string of the molecule is Cc1c(C(=O)NCc2cccc(Cl)c2)oc2ccc(Cl)cc12. The number of amides is 1. The summed E-state index contributed by atoms with van der Waals surface area (Å²) in [4.78, 5) is 12.3. The van der Waals surface area contributed by atoms with Gasteiger partial charge in [-0.2, -0.15) is 0 Å². The van der Waals surface area contributed by atoms with E-state index in [9.17, 15) is 4.79 Å². The van der Waals surface area contributed by atoms with Gasteiger partial charge in [-0.1, -0.05) is 35.3 Å². The highest BCUT2D eigenvalue weighted by Gasteiger charge is 2.17. The van der Waals surface area contributed by atoms with E-state index in [0.717, 1.165) is 16.5 Å². The summed E-state index contributed by atoms with van der Waals surface area (Å²) in [7, 11) is 0. The summed E-state index contributed by atoms with van der Waals surface area (Å²) in [5.41, 5.74) is 2.36. The Bertz CT molecular complexity index is 855. The van der Waals surface area contributed by atoms with Crippen molar-refractivity contribution in [3.05, 3.63) is 69.4 Å². The maximum atomic E-state index is 12.3. The number of fused-ring (bicyclic) bond motifs is 1. The van der Waals surface area contributed by atoms with Gasteiger partial charge in [-0.3, -0.25) is 4.79 Å². The van der Waals surface area contributed by atoms with Crippen LogP contribution in [0.15, 0.2) is 46.9 Å². The highest BCUT2D eigenvalue weighted by Crippen LogP contribution is 2.27. The molecule has 0 unspecified atom stereocenters. The fourth-order valence-electron chi connectivity index (χ4n) is 2.32. The second kappa shape index (κ2) is 6.03. The van der Waals surface area contributed by atoms with Gasteiger partial charge in [-0.25, -0.2) is 0 Å².